The molecule has 0 amide bonds. The van der Waals surface area contributed by atoms with Crippen molar-refractivity contribution in [3.63, 3.8) is 0 Å². The lowest BCUT2D eigenvalue weighted by Crippen LogP contribution is -2.37. The van der Waals surface area contributed by atoms with Gasteiger partial charge in [-0.15, -0.1) is 0 Å². The van der Waals surface area contributed by atoms with Crippen LogP contribution in [0.15, 0.2) is 24.3 Å². The van der Waals surface area contributed by atoms with Gasteiger partial charge in [-0.25, -0.2) is 0 Å². The minimum atomic E-state index is -0.272. The van der Waals surface area contributed by atoms with E-state index < -0.39 is 0 Å². The molecule has 1 aromatic rings. The molecule has 1 aliphatic carbocycles. The molecule has 19 heavy (non-hydrogen) atoms. The number of aliphatic hydroxyl groups excluding tert-OH is 1. The fourth-order valence-electron chi connectivity index (χ4n) is 3.47. The summed E-state index contributed by atoms with van der Waals surface area (Å²) in [5, 5.41) is 10.6. The lowest BCUT2D eigenvalue weighted by Gasteiger charge is -2.41. The molecule has 2 heteroatoms. The van der Waals surface area contributed by atoms with E-state index in [0.29, 0.717) is 12.3 Å². The maximum absolute atomic E-state index is 10.6. The first-order chi connectivity index (χ1) is 9.04. The summed E-state index contributed by atoms with van der Waals surface area (Å²) in [4.78, 5) is 0. The quantitative estimate of drug-likeness (QED) is 0.894. The topological polar surface area (TPSA) is 29.5 Å². The Kier molecular flexibility index (Phi) is 4.51. The first-order valence-electron chi connectivity index (χ1n) is 7.34. The molecule has 0 aromatic heterocycles. The van der Waals surface area contributed by atoms with Crippen LogP contribution in [-0.4, -0.2) is 18.3 Å². The van der Waals surface area contributed by atoms with Gasteiger partial charge in [-0.1, -0.05) is 44.9 Å². The molecule has 1 fully saturated rings. The van der Waals surface area contributed by atoms with Crippen LogP contribution in [0, 0.1) is 11.3 Å². The fourth-order valence-corrected chi connectivity index (χ4v) is 3.47. The zero-order valence-electron chi connectivity index (χ0n) is 12.4. The van der Waals surface area contributed by atoms with Crippen molar-refractivity contribution in [3.05, 3.63) is 29.8 Å². The molecular formula is C17H26O2. The third-order valence-electron chi connectivity index (χ3n) is 4.68. The number of rotatable bonds is 4. The van der Waals surface area contributed by atoms with Gasteiger partial charge in [0.05, 0.1) is 13.2 Å². The van der Waals surface area contributed by atoms with Gasteiger partial charge in [0.25, 0.3) is 0 Å². The summed E-state index contributed by atoms with van der Waals surface area (Å²) in [5.74, 6) is 1.28. The molecule has 2 unspecified atom stereocenters. The molecule has 0 radical (unpaired) electrons. The smallest absolute Gasteiger partial charge is 0.122 e. The first-order valence-corrected chi connectivity index (χ1v) is 7.34. The van der Waals surface area contributed by atoms with Crippen molar-refractivity contribution in [2.45, 2.75) is 52.1 Å². The second-order valence-corrected chi connectivity index (χ2v) is 6.42. The van der Waals surface area contributed by atoms with Gasteiger partial charge < -0.3 is 9.84 Å². The molecule has 1 saturated carbocycles. The SMILES string of the molecule is COc1ccccc1CC(O)C1CCCCC1(C)C. The van der Waals surface area contributed by atoms with Crippen LogP contribution < -0.4 is 4.74 Å². The highest BCUT2D eigenvalue weighted by Gasteiger charge is 2.36. The standard InChI is InChI=1S/C17H26O2/c1-17(2)11-7-6-9-14(17)15(18)12-13-8-4-5-10-16(13)19-3/h4-5,8,10,14-15,18H,6-7,9,11-12H2,1-3H3. The van der Waals surface area contributed by atoms with Crippen LogP contribution in [0.5, 0.6) is 5.75 Å². The van der Waals surface area contributed by atoms with E-state index in [1.807, 2.05) is 18.2 Å². The molecule has 1 aliphatic rings. The zero-order valence-corrected chi connectivity index (χ0v) is 12.4. The minimum absolute atomic E-state index is 0.250. The second-order valence-electron chi connectivity index (χ2n) is 6.42. The minimum Gasteiger partial charge on any atom is -0.496 e. The third kappa shape index (κ3) is 3.30. The average Bonchev–Trinajstić information content (AvgIpc) is 2.38. The average molecular weight is 262 g/mol. The van der Waals surface area contributed by atoms with Crippen molar-refractivity contribution >= 4 is 0 Å². The van der Waals surface area contributed by atoms with Crippen LogP contribution >= 0.6 is 0 Å². The number of hydrogen-bond acceptors (Lipinski definition) is 2. The highest BCUT2D eigenvalue weighted by atomic mass is 16.5. The van der Waals surface area contributed by atoms with E-state index in [2.05, 4.69) is 19.9 Å². The van der Waals surface area contributed by atoms with E-state index in [1.165, 1.54) is 19.3 Å². The van der Waals surface area contributed by atoms with Crippen LogP contribution in [0.25, 0.3) is 0 Å². The second kappa shape index (κ2) is 5.96. The largest absolute Gasteiger partial charge is 0.496 e. The summed E-state index contributed by atoms with van der Waals surface area (Å²) in [6.45, 7) is 4.59. The lowest BCUT2D eigenvalue weighted by atomic mass is 9.66. The normalized spacial score (nSPS) is 23.9. The van der Waals surface area contributed by atoms with Gasteiger partial charge in [0, 0.05) is 6.42 Å². The van der Waals surface area contributed by atoms with Gasteiger partial charge in [-0.05, 0) is 35.8 Å². The number of methoxy groups -OCH3 is 1. The predicted octanol–water partition coefficient (Wildman–Crippen LogP) is 3.82. The van der Waals surface area contributed by atoms with Gasteiger partial charge in [0.2, 0.25) is 0 Å². The molecule has 1 N–H and O–H groups in total. The fraction of sp³-hybridized carbons (Fsp3) is 0.647. The van der Waals surface area contributed by atoms with Gasteiger partial charge in [-0.2, -0.15) is 0 Å². The van der Waals surface area contributed by atoms with E-state index in [9.17, 15) is 5.11 Å². The molecule has 106 valence electrons. The van der Waals surface area contributed by atoms with Crippen LogP contribution in [0.1, 0.15) is 45.1 Å². The Morgan fingerprint density at radius 1 is 1.32 bits per heavy atom. The van der Waals surface area contributed by atoms with E-state index in [4.69, 9.17) is 4.74 Å². The Hall–Kier alpha value is -1.02. The summed E-state index contributed by atoms with van der Waals surface area (Å²) in [6.07, 6.45) is 5.33. The van der Waals surface area contributed by atoms with E-state index in [1.54, 1.807) is 7.11 Å². The number of aliphatic hydroxyl groups is 1. The van der Waals surface area contributed by atoms with Crippen LogP contribution in [0.3, 0.4) is 0 Å². The molecule has 0 spiro atoms. The van der Waals surface area contributed by atoms with Crippen LogP contribution in [0.4, 0.5) is 0 Å². The van der Waals surface area contributed by atoms with Gasteiger partial charge >= 0.3 is 0 Å². The monoisotopic (exact) mass is 262 g/mol. The van der Waals surface area contributed by atoms with Crippen molar-refractivity contribution in [1.29, 1.82) is 0 Å². The molecule has 0 aliphatic heterocycles. The van der Waals surface area contributed by atoms with Crippen molar-refractivity contribution < 1.29 is 9.84 Å². The highest BCUT2D eigenvalue weighted by molar-refractivity contribution is 5.33. The Balaban J connectivity index is 2.09. The summed E-state index contributed by atoms with van der Waals surface area (Å²) >= 11 is 0. The first kappa shape index (κ1) is 14.4. The molecule has 0 bridgehead atoms. The van der Waals surface area contributed by atoms with E-state index in [-0.39, 0.29) is 11.5 Å². The van der Waals surface area contributed by atoms with Crippen LogP contribution in [-0.2, 0) is 6.42 Å². The lowest BCUT2D eigenvalue weighted by molar-refractivity contribution is 0.00554. The Morgan fingerprint density at radius 2 is 2.05 bits per heavy atom. The summed E-state index contributed by atoms with van der Waals surface area (Å²) in [6, 6.07) is 8.00. The predicted molar refractivity (Wildman–Crippen MR) is 78.4 cm³/mol. The summed E-state index contributed by atoms with van der Waals surface area (Å²) in [7, 11) is 1.69. The molecule has 2 rings (SSSR count). The summed E-state index contributed by atoms with van der Waals surface area (Å²) < 4.78 is 5.37. The van der Waals surface area contributed by atoms with Crippen molar-refractivity contribution in [2.24, 2.45) is 11.3 Å². The van der Waals surface area contributed by atoms with Gasteiger partial charge in [0.15, 0.2) is 0 Å². The van der Waals surface area contributed by atoms with E-state index in [0.717, 1.165) is 17.7 Å². The number of para-hydroxylation sites is 1. The highest BCUT2D eigenvalue weighted by Crippen LogP contribution is 2.43. The molecule has 0 heterocycles. The zero-order chi connectivity index (χ0) is 13.9. The van der Waals surface area contributed by atoms with Crippen LogP contribution in [0.2, 0.25) is 0 Å². The Labute approximate surface area is 116 Å². The summed E-state index contributed by atoms with van der Waals surface area (Å²) in [5.41, 5.74) is 1.36. The van der Waals surface area contributed by atoms with E-state index >= 15 is 0 Å². The molecule has 2 atom stereocenters. The number of benzene rings is 1. The Bertz CT molecular complexity index is 411. The number of ether oxygens (including phenoxy) is 1. The van der Waals surface area contributed by atoms with Crippen molar-refractivity contribution in [3.8, 4) is 5.75 Å². The molecular weight excluding hydrogens is 236 g/mol. The third-order valence-corrected chi connectivity index (χ3v) is 4.68. The van der Waals surface area contributed by atoms with Gasteiger partial charge in [-0.3, -0.25) is 0 Å². The Morgan fingerprint density at radius 3 is 2.74 bits per heavy atom. The van der Waals surface area contributed by atoms with Crippen molar-refractivity contribution in [1.82, 2.24) is 0 Å². The van der Waals surface area contributed by atoms with Gasteiger partial charge in [0.1, 0.15) is 5.75 Å². The maximum atomic E-state index is 10.6. The molecule has 2 nitrogen and oxygen atoms in total. The maximum Gasteiger partial charge on any atom is 0.122 e. The van der Waals surface area contributed by atoms with Crippen molar-refractivity contribution in [2.75, 3.05) is 7.11 Å². The number of hydrogen-bond donors (Lipinski definition) is 1. The molecule has 0 saturated heterocycles. The molecule has 1 aromatic carbocycles.